The lowest BCUT2D eigenvalue weighted by atomic mass is 10.3. The fraction of sp³-hybridized carbons (Fsp3) is 0.400. The molecule has 0 saturated carbocycles. The summed E-state index contributed by atoms with van der Waals surface area (Å²) in [6.45, 7) is 0.0311. The summed E-state index contributed by atoms with van der Waals surface area (Å²) in [6.07, 6.45) is 3.12. The minimum atomic E-state index is -1.74. The molecule has 0 amide bonds. The molecule has 0 aromatic carbocycles. The smallest absolute Gasteiger partial charge is 0.233 e. The number of rotatable bonds is 0. The third-order valence-corrected chi connectivity index (χ3v) is 2.82. The van der Waals surface area contributed by atoms with E-state index in [0.29, 0.717) is 3.58 Å². The number of allylic oxidation sites excluding steroid dienone is 1. The van der Waals surface area contributed by atoms with Gasteiger partial charge in [-0.15, -0.1) is 0 Å². The molecule has 1 rings (SSSR count). The first kappa shape index (κ1) is 7.47. The molecule has 0 spiro atoms. The Bertz CT molecular complexity index is 176. The molecular weight excluding hydrogens is 255 g/mol. The average molecular weight is 259 g/mol. The van der Waals surface area contributed by atoms with Gasteiger partial charge in [-0.05, 0) is 28.7 Å². The summed E-state index contributed by atoms with van der Waals surface area (Å²) in [7, 11) is 0. The molecule has 1 aliphatic rings. The Balaban J connectivity index is 2.83. The van der Waals surface area contributed by atoms with Gasteiger partial charge in [0.05, 0.1) is 6.54 Å². The maximum Gasteiger partial charge on any atom is 0.233 e. The first-order valence-corrected chi connectivity index (χ1v) is 3.82. The normalized spacial score (nSPS) is 34.3. The molecule has 1 nitrogen and oxygen atoms in total. The Kier molecular flexibility index (Phi) is 2.10. The molecule has 0 N–H and O–H groups in total. The van der Waals surface area contributed by atoms with Crippen LogP contribution in [0.3, 0.4) is 0 Å². The van der Waals surface area contributed by atoms with Crippen molar-refractivity contribution in [2.75, 3.05) is 6.54 Å². The first-order chi connectivity index (χ1) is 4.13. The van der Waals surface area contributed by atoms with E-state index in [4.69, 9.17) is 11.6 Å². The second kappa shape index (κ2) is 2.54. The summed E-state index contributed by atoms with van der Waals surface area (Å²) < 4.78 is 13.3. The van der Waals surface area contributed by atoms with Crippen molar-refractivity contribution in [1.82, 2.24) is 0 Å². The molecule has 1 heterocycles. The van der Waals surface area contributed by atoms with Crippen LogP contribution in [0.15, 0.2) is 14.6 Å². The van der Waals surface area contributed by atoms with Crippen molar-refractivity contribution in [1.29, 1.82) is 0 Å². The molecule has 0 aromatic rings. The third kappa shape index (κ3) is 1.64. The second-order valence-electron chi connectivity index (χ2n) is 1.71. The summed E-state index contributed by atoms with van der Waals surface area (Å²) in [5.74, 6) is 0. The van der Waals surface area contributed by atoms with E-state index in [1.807, 2.05) is 22.6 Å². The van der Waals surface area contributed by atoms with Gasteiger partial charge in [0.15, 0.2) is 0 Å². The topological polar surface area (TPSA) is 12.4 Å². The zero-order valence-corrected chi connectivity index (χ0v) is 7.36. The molecule has 0 fully saturated rings. The molecular formula is C5H4ClFIN. The monoisotopic (exact) mass is 259 g/mol. The highest BCUT2D eigenvalue weighted by Crippen LogP contribution is 2.33. The van der Waals surface area contributed by atoms with Crippen molar-refractivity contribution in [2.24, 2.45) is 4.99 Å². The van der Waals surface area contributed by atoms with Gasteiger partial charge in [-0.1, -0.05) is 11.6 Å². The van der Waals surface area contributed by atoms with E-state index in [1.54, 1.807) is 12.3 Å². The van der Waals surface area contributed by atoms with Gasteiger partial charge in [-0.2, -0.15) is 0 Å². The van der Waals surface area contributed by atoms with E-state index >= 15 is 0 Å². The van der Waals surface area contributed by atoms with Crippen LogP contribution in [0.1, 0.15) is 0 Å². The fourth-order valence-corrected chi connectivity index (χ4v) is 0.946. The molecule has 4 heteroatoms. The quantitative estimate of drug-likeness (QED) is 0.467. The maximum absolute atomic E-state index is 12.8. The number of hydrogen-bond acceptors (Lipinski definition) is 1. The highest BCUT2D eigenvalue weighted by molar-refractivity contribution is 14.1. The Morgan fingerprint density at radius 1 is 1.89 bits per heavy atom. The lowest BCUT2D eigenvalue weighted by Crippen LogP contribution is -2.21. The number of halogens is 3. The van der Waals surface area contributed by atoms with E-state index in [0.717, 1.165) is 0 Å². The number of nitrogens with zero attached hydrogens (tertiary/aromatic N) is 1. The van der Waals surface area contributed by atoms with Crippen molar-refractivity contribution < 1.29 is 4.39 Å². The van der Waals surface area contributed by atoms with Crippen LogP contribution in [0.25, 0.3) is 0 Å². The SMILES string of the molecule is FC1(Cl)CN=CC=C1I. The van der Waals surface area contributed by atoms with E-state index in [-0.39, 0.29) is 6.54 Å². The summed E-state index contributed by atoms with van der Waals surface area (Å²) in [6, 6.07) is 0. The zero-order valence-electron chi connectivity index (χ0n) is 4.44. The van der Waals surface area contributed by atoms with Crippen LogP contribution in [0, 0.1) is 0 Å². The molecule has 50 valence electrons. The zero-order chi connectivity index (χ0) is 6.91. The Morgan fingerprint density at radius 3 is 2.89 bits per heavy atom. The molecule has 0 saturated heterocycles. The van der Waals surface area contributed by atoms with Crippen molar-refractivity contribution in [3.8, 4) is 0 Å². The van der Waals surface area contributed by atoms with Crippen molar-refractivity contribution >= 4 is 40.4 Å². The van der Waals surface area contributed by atoms with Crippen LogP contribution in [-0.2, 0) is 0 Å². The summed E-state index contributed by atoms with van der Waals surface area (Å²) in [4.78, 5) is 3.67. The van der Waals surface area contributed by atoms with Gasteiger partial charge >= 0.3 is 0 Å². The standard InChI is InChI=1S/C5H4ClFIN/c6-5(7)3-9-2-1-4(5)8/h1-2H,3H2. The third-order valence-electron chi connectivity index (χ3n) is 0.966. The van der Waals surface area contributed by atoms with Crippen molar-refractivity contribution in [3.05, 3.63) is 9.66 Å². The van der Waals surface area contributed by atoms with Gasteiger partial charge in [-0.3, -0.25) is 4.99 Å². The molecule has 1 unspecified atom stereocenters. The van der Waals surface area contributed by atoms with Crippen molar-refractivity contribution in [2.45, 2.75) is 5.13 Å². The van der Waals surface area contributed by atoms with Gasteiger partial charge in [-0.25, -0.2) is 4.39 Å². The second-order valence-corrected chi connectivity index (χ2v) is 3.47. The number of aliphatic imine (C=N–C) groups is 1. The predicted molar refractivity (Wildman–Crippen MR) is 45.2 cm³/mol. The van der Waals surface area contributed by atoms with Crippen LogP contribution < -0.4 is 0 Å². The minimum absolute atomic E-state index is 0.0311. The Labute approximate surface area is 71.1 Å². The number of alkyl halides is 2. The van der Waals surface area contributed by atoms with Crippen LogP contribution in [0.4, 0.5) is 4.39 Å². The molecule has 9 heavy (non-hydrogen) atoms. The summed E-state index contributed by atoms with van der Waals surface area (Å²) >= 11 is 7.23. The number of hydrogen-bond donors (Lipinski definition) is 0. The van der Waals surface area contributed by atoms with Gasteiger partial charge < -0.3 is 0 Å². The average Bonchev–Trinajstić information content (AvgIpc) is 1.77. The van der Waals surface area contributed by atoms with Gasteiger partial charge in [0, 0.05) is 9.79 Å². The van der Waals surface area contributed by atoms with Crippen LogP contribution >= 0.6 is 34.2 Å². The van der Waals surface area contributed by atoms with E-state index in [9.17, 15) is 4.39 Å². The highest BCUT2D eigenvalue weighted by atomic mass is 127. The molecule has 1 aliphatic heterocycles. The van der Waals surface area contributed by atoms with E-state index < -0.39 is 5.13 Å². The molecule has 0 aliphatic carbocycles. The van der Waals surface area contributed by atoms with Gasteiger partial charge in [0.25, 0.3) is 0 Å². The highest BCUT2D eigenvalue weighted by Gasteiger charge is 2.30. The van der Waals surface area contributed by atoms with Crippen LogP contribution in [0.2, 0.25) is 0 Å². The van der Waals surface area contributed by atoms with Crippen LogP contribution in [-0.4, -0.2) is 17.9 Å². The predicted octanol–water partition coefficient (Wildman–Crippen LogP) is 2.29. The summed E-state index contributed by atoms with van der Waals surface area (Å²) in [5, 5.41) is -1.74. The first-order valence-electron chi connectivity index (χ1n) is 2.37. The molecule has 0 aromatic heterocycles. The molecule has 0 radical (unpaired) electrons. The Morgan fingerprint density at radius 2 is 2.56 bits per heavy atom. The van der Waals surface area contributed by atoms with E-state index in [2.05, 4.69) is 4.99 Å². The molecule has 0 bridgehead atoms. The maximum atomic E-state index is 12.8. The lowest BCUT2D eigenvalue weighted by Gasteiger charge is -2.16. The molecule has 1 atom stereocenters. The fourth-order valence-electron chi connectivity index (χ4n) is 0.483. The lowest BCUT2D eigenvalue weighted by molar-refractivity contribution is 0.352. The number of dihydropyridines is 1. The van der Waals surface area contributed by atoms with Gasteiger partial charge in [0.1, 0.15) is 0 Å². The van der Waals surface area contributed by atoms with E-state index in [1.165, 1.54) is 0 Å². The minimum Gasteiger partial charge on any atom is -0.288 e. The van der Waals surface area contributed by atoms with Gasteiger partial charge in [0.2, 0.25) is 5.13 Å². The van der Waals surface area contributed by atoms with Crippen LogP contribution in [0.5, 0.6) is 0 Å². The van der Waals surface area contributed by atoms with Crippen molar-refractivity contribution in [3.63, 3.8) is 0 Å². The largest absolute Gasteiger partial charge is 0.288 e. The summed E-state index contributed by atoms with van der Waals surface area (Å²) in [5.41, 5.74) is 0. The Hall–Kier alpha value is 0.360.